The van der Waals surface area contributed by atoms with Gasteiger partial charge in [-0.05, 0) is 25.5 Å². The molecule has 1 aromatic rings. The lowest BCUT2D eigenvalue weighted by molar-refractivity contribution is -0.123. The maximum atomic E-state index is 12.4. The molecule has 92 valence electrons. The number of rotatable bonds is 0. The van der Waals surface area contributed by atoms with Gasteiger partial charge in [0.1, 0.15) is 17.8 Å². The maximum absolute atomic E-state index is 12.4. The molecule has 3 heteroatoms. The Balaban J connectivity index is 2.26. The van der Waals surface area contributed by atoms with Crippen molar-refractivity contribution in [3.8, 4) is 5.75 Å². The van der Waals surface area contributed by atoms with Crippen molar-refractivity contribution in [2.75, 3.05) is 6.61 Å². The van der Waals surface area contributed by atoms with E-state index in [9.17, 15) is 4.79 Å². The van der Waals surface area contributed by atoms with E-state index in [1.807, 2.05) is 50.3 Å². The average Bonchev–Trinajstić information content (AvgIpc) is 2.91. The van der Waals surface area contributed by atoms with Crippen LogP contribution in [-0.2, 0) is 10.2 Å². The predicted octanol–water partition coefficient (Wildman–Crippen LogP) is 2.30. The van der Waals surface area contributed by atoms with Crippen LogP contribution in [0.25, 0.3) is 0 Å². The van der Waals surface area contributed by atoms with Crippen molar-refractivity contribution in [3.63, 3.8) is 0 Å². The summed E-state index contributed by atoms with van der Waals surface area (Å²) in [6.45, 7) is 4.27. The number of benzene rings is 1. The van der Waals surface area contributed by atoms with Crippen LogP contribution >= 0.6 is 0 Å². The molecule has 3 rings (SSSR count). The molecule has 18 heavy (non-hydrogen) atoms. The Bertz CT molecular complexity index is 586. The number of amides is 1. The lowest BCUT2D eigenvalue weighted by atomic mass is 9.76. The number of hydrogen-bond acceptors (Lipinski definition) is 2. The van der Waals surface area contributed by atoms with Gasteiger partial charge in [-0.3, -0.25) is 4.79 Å². The van der Waals surface area contributed by atoms with E-state index in [4.69, 9.17) is 4.74 Å². The van der Waals surface area contributed by atoms with Crippen molar-refractivity contribution in [1.82, 2.24) is 5.32 Å². The van der Waals surface area contributed by atoms with E-state index in [1.54, 1.807) is 0 Å². The van der Waals surface area contributed by atoms with Gasteiger partial charge in [-0.1, -0.05) is 30.4 Å². The average molecular weight is 241 g/mol. The second-order valence-electron chi connectivity index (χ2n) is 4.55. The molecule has 1 fully saturated rings. The number of hydrogen-bond donors (Lipinski definition) is 1. The van der Waals surface area contributed by atoms with E-state index in [2.05, 4.69) is 5.32 Å². The summed E-state index contributed by atoms with van der Waals surface area (Å²) in [7, 11) is 0. The van der Waals surface area contributed by atoms with Crippen molar-refractivity contribution in [2.45, 2.75) is 19.3 Å². The highest BCUT2D eigenvalue weighted by atomic mass is 16.5. The number of para-hydroxylation sites is 1. The van der Waals surface area contributed by atoms with E-state index in [1.165, 1.54) is 0 Å². The van der Waals surface area contributed by atoms with Crippen molar-refractivity contribution >= 4 is 5.91 Å². The number of ether oxygens (including phenoxy) is 1. The molecule has 0 radical (unpaired) electrons. The summed E-state index contributed by atoms with van der Waals surface area (Å²) in [5, 5.41) is 2.95. The van der Waals surface area contributed by atoms with Crippen molar-refractivity contribution in [2.24, 2.45) is 0 Å². The van der Waals surface area contributed by atoms with Crippen LogP contribution in [0.15, 0.2) is 47.7 Å². The standard InChI is InChI=1S/C15H15NO2/c1-3-10-12(4-2)16-14(17)15(10)9-18-13-8-6-5-7-11(13)15/h3-8H,9H2,1-2H3,(H,16,17)/b10-3?,12-4+/t15-/m0/s1. The molecule has 0 unspecified atom stereocenters. The summed E-state index contributed by atoms with van der Waals surface area (Å²) in [4.78, 5) is 12.4. The van der Waals surface area contributed by atoms with Gasteiger partial charge in [0.25, 0.3) is 0 Å². The van der Waals surface area contributed by atoms with Crippen molar-refractivity contribution in [1.29, 1.82) is 0 Å². The fourth-order valence-corrected chi connectivity index (χ4v) is 2.90. The number of allylic oxidation sites excluding steroid dienone is 3. The smallest absolute Gasteiger partial charge is 0.243 e. The van der Waals surface area contributed by atoms with Crippen LogP contribution in [0.5, 0.6) is 5.75 Å². The van der Waals surface area contributed by atoms with Gasteiger partial charge >= 0.3 is 0 Å². The minimum absolute atomic E-state index is 0.00801. The number of nitrogens with one attached hydrogen (secondary N) is 1. The molecular weight excluding hydrogens is 226 g/mol. The molecule has 1 amide bonds. The van der Waals surface area contributed by atoms with Gasteiger partial charge in [-0.15, -0.1) is 0 Å². The molecule has 2 aliphatic heterocycles. The first kappa shape index (κ1) is 11.1. The third kappa shape index (κ3) is 1.16. The molecule has 1 spiro atoms. The summed E-state index contributed by atoms with van der Waals surface area (Å²) < 4.78 is 5.70. The van der Waals surface area contributed by atoms with Gasteiger partial charge < -0.3 is 10.1 Å². The van der Waals surface area contributed by atoms with Crippen LogP contribution in [0.1, 0.15) is 19.4 Å². The van der Waals surface area contributed by atoms with E-state index >= 15 is 0 Å². The zero-order valence-corrected chi connectivity index (χ0v) is 10.5. The molecule has 2 aliphatic rings. The molecule has 3 nitrogen and oxygen atoms in total. The maximum Gasteiger partial charge on any atom is 0.243 e. The first-order valence-electron chi connectivity index (χ1n) is 6.11. The lowest BCUT2D eigenvalue weighted by Crippen LogP contribution is -2.37. The first-order valence-corrected chi connectivity index (χ1v) is 6.11. The Morgan fingerprint density at radius 1 is 1.28 bits per heavy atom. The van der Waals surface area contributed by atoms with E-state index in [-0.39, 0.29) is 5.91 Å². The highest BCUT2D eigenvalue weighted by molar-refractivity contribution is 6.00. The van der Waals surface area contributed by atoms with Gasteiger partial charge in [0.05, 0.1) is 0 Å². The zero-order chi connectivity index (χ0) is 12.8. The Morgan fingerprint density at radius 2 is 2.06 bits per heavy atom. The Labute approximate surface area is 106 Å². The van der Waals surface area contributed by atoms with Gasteiger partial charge in [-0.2, -0.15) is 0 Å². The minimum atomic E-state index is -0.660. The summed E-state index contributed by atoms with van der Waals surface area (Å²) >= 11 is 0. The second-order valence-corrected chi connectivity index (χ2v) is 4.55. The largest absolute Gasteiger partial charge is 0.491 e. The molecular formula is C15H15NO2. The molecule has 0 bridgehead atoms. The number of carbonyl (C=O) groups is 1. The van der Waals surface area contributed by atoms with Crippen molar-refractivity contribution in [3.05, 3.63) is 53.3 Å². The Hall–Kier alpha value is -2.03. The first-order chi connectivity index (χ1) is 8.74. The van der Waals surface area contributed by atoms with E-state index in [0.29, 0.717) is 6.61 Å². The highest BCUT2D eigenvalue weighted by Gasteiger charge is 2.54. The van der Waals surface area contributed by atoms with Crippen LogP contribution in [0, 0.1) is 0 Å². The fourth-order valence-electron chi connectivity index (χ4n) is 2.90. The van der Waals surface area contributed by atoms with Gasteiger partial charge in [-0.25, -0.2) is 0 Å². The molecule has 2 heterocycles. The third-order valence-electron chi connectivity index (χ3n) is 3.75. The summed E-state index contributed by atoms with van der Waals surface area (Å²) in [6, 6.07) is 7.77. The molecule has 1 atom stereocenters. The summed E-state index contributed by atoms with van der Waals surface area (Å²) in [5.41, 5.74) is 2.21. The lowest BCUT2D eigenvalue weighted by Gasteiger charge is -2.20. The van der Waals surface area contributed by atoms with Gasteiger partial charge in [0.2, 0.25) is 5.91 Å². The topological polar surface area (TPSA) is 38.3 Å². The van der Waals surface area contributed by atoms with Crippen LogP contribution in [0.4, 0.5) is 0 Å². The Morgan fingerprint density at radius 3 is 2.78 bits per heavy atom. The van der Waals surface area contributed by atoms with E-state index < -0.39 is 5.41 Å². The number of fused-ring (bicyclic) bond motifs is 2. The van der Waals surface area contributed by atoms with Crippen LogP contribution in [-0.4, -0.2) is 12.5 Å². The molecule has 0 aromatic heterocycles. The molecule has 1 N–H and O–H groups in total. The van der Waals surface area contributed by atoms with Crippen molar-refractivity contribution < 1.29 is 9.53 Å². The third-order valence-corrected chi connectivity index (χ3v) is 3.75. The normalized spacial score (nSPS) is 29.8. The predicted molar refractivity (Wildman–Crippen MR) is 69.3 cm³/mol. The fraction of sp³-hybridized carbons (Fsp3) is 0.267. The van der Waals surface area contributed by atoms with Crippen LogP contribution in [0.3, 0.4) is 0 Å². The second kappa shape index (κ2) is 3.73. The van der Waals surface area contributed by atoms with Crippen LogP contribution < -0.4 is 10.1 Å². The molecule has 0 aliphatic carbocycles. The van der Waals surface area contributed by atoms with Crippen LogP contribution in [0.2, 0.25) is 0 Å². The summed E-state index contributed by atoms with van der Waals surface area (Å²) in [6.07, 6.45) is 3.93. The molecule has 0 saturated carbocycles. The number of carbonyl (C=O) groups excluding carboxylic acids is 1. The Kier molecular flexibility index (Phi) is 2.30. The molecule has 1 aromatic carbocycles. The SMILES string of the molecule is CC=C1/C(=C\C)NC(=O)[C@@]12COc1ccccc12. The quantitative estimate of drug-likeness (QED) is 0.757. The van der Waals surface area contributed by atoms with Gasteiger partial charge in [0, 0.05) is 11.3 Å². The highest BCUT2D eigenvalue weighted by Crippen LogP contribution is 2.48. The van der Waals surface area contributed by atoms with E-state index in [0.717, 1.165) is 22.6 Å². The monoisotopic (exact) mass is 241 g/mol. The van der Waals surface area contributed by atoms with Gasteiger partial charge in [0.15, 0.2) is 0 Å². The summed E-state index contributed by atoms with van der Waals surface area (Å²) in [5.74, 6) is 0.818. The minimum Gasteiger partial charge on any atom is -0.491 e. The molecule has 1 saturated heterocycles. The zero-order valence-electron chi connectivity index (χ0n) is 10.5.